The van der Waals surface area contributed by atoms with Gasteiger partial charge in [0.05, 0.1) is 5.69 Å². The molecule has 92 valence electrons. The minimum atomic E-state index is -0.245. The third-order valence-corrected chi connectivity index (χ3v) is 2.77. The monoisotopic (exact) mass is 234 g/mol. The molecule has 4 heteroatoms. The van der Waals surface area contributed by atoms with Crippen LogP contribution in [-0.2, 0) is 11.2 Å². The van der Waals surface area contributed by atoms with E-state index < -0.39 is 0 Å². The van der Waals surface area contributed by atoms with E-state index >= 15 is 0 Å². The van der Waals surface area contributed by atoms with E-state index in [2.05, 4.69) is 0 Å². The number of likely N-dealkylation sites (N-methyl/N-ethyl adjacent to an activating group) is 1. The summed E-state index contributed by atoms with van der Waals surface area (Å²) < 4.78 is 5.43. The summed E-state index contributed by atoms with van der Waals surface area (Å²) in [6.07, 6.45) is 0.779. The Morgan fingerprint density at radius 3 is 2.82 bits per heavy atom. The highest BCUT2D eigenvalue weighted by atomic mass is 16.5. The summed E-state index contributed by atoms with van der Waals surface area (Å²) in [5.41, 5.74) is 7.69. The summed E-state index contributed by atoms with van der Waals surface area (Å²) in [6.45, 7) is 4.09. The average Bonchev–Trinajstić information content (AvgIpc) is 2.21. The van der Waals surface area contributed by atoms with Crippen LogP contribution in [0.25, 0.3) is 0 Å². The van der Waals surface area contributed by atoms with Crippen molar-refractivity contribution >= 4 is 11.6 Å². The number of nitrogens with zero attached hydrogens (tertiary/aromatic N) is 1. The van der Waals surface area contributed by atoms with Crippen molar-refractivity contribution in [1.29, 1.82) is 0 Å². The Kier molecular flexibility index (Phi) is 2.83. The number of anilines is 1. The maximum absolute atomic E-state index is 11.5. The number of benzene rings is 1. The molecule has 1 heterocycles. The molecule has 0 aliphatic carbocycles. The highest BCUT2D eigenvalue weighted by molar-refractivity contribution is 5.97. The summed E-state index contributed by atoms with van der Waals surface area (Å²) >= 11 is 0. The fourth-order valence-electron chi connectivity index (χ4n) is 1.96. The quantitative estimate of drug-likeness (QED) is 0.839. The predicted molar refractivity (Wildman–Crippen MR) is 67.3 cm³/mol. The summed E-state index contributed by atoms with van der Waals surface area (Å²) in [5, 5.41) is 0. The standard InChI is InChI=1S/C13H18N2O2/c1-13(2,14)7-9-4-5-10-11(6-9)17-8-12(16)15(10)3/h4-6H,7-8,14H2,1-3H3. The summed E-state index contributed by atoms with van der Waals surface area (Å²) in [7, 11) is 1.76. The lowest BCUT2D eigenvalue weighted by atomic mass is 9.96. The Bertz CT molecular complexity index is 449. The van der Waals surface area contributed by atoms with Gasteiger partial charge >= 0.3 is 0 Å². The van der Waals surface area contributed by atoms with Crippen molar-refractivity contribution in [3.8, 4) is 5.75 Å². The molecule has 0 unspecified atom stereocenters. The Balaban J connectivity index is 2.29. The summed E-state index contributed by atoms with van der Waals surface area (Å²) in [6, 6.07) is 5.87. The first-order valence-electron chi connectivity index (χ1n) is 5.68. The molecule has 17 heavy (non-hydrogen) atoms. The maximum atomic E-state index is 11.5. The first-order valence-corrected chi connectivity index (χ1v) is 5.68. The largest absolute Gasteiger partial charge is 0.482 e. The van der Waals surface area contributed by atoms with Crippen molar-refractivity contribution < 1.29 is 9.53 Å². The smallest absolute Gasteiger partial charge is 0.264 e. The van der Waals surface area contributed by atoms with Gasteiger partial charge in [-0.25, -0.2) is 0 Å². The molecular formula is C13H18N2O2. The molecular weight excluding hydrogens is 216 g/mol. The van der Waals surface area contributed by atoms with Gasteiger partial charge in [-0.05, 0) is 38.0 Å². The van der Waals surface area contributed by atoms with Gasteiger partial charge in [-0.3, -0.25) is 4.79 Å². The van der Waals surface area contributed by atoms with Gasteiger partial charge < -0.3 is 15.4 Å². The molecule has 0 atom stereocenters. The first-order chi connectivity index (χ1) is 7.87. The highest BCUT2D eigenvalue weighted by Crippen LogP contribution is 2.32. The Morgan fingerprint density at radius 1 is 1.47 bits per heavy atom. The molecule has 0 bridgehead atoms. The minimum absolute atomic E-state index is 0.0237. The second-order valence-electron chi connectivity index (χ2n) is 5.21. The van der Waals surface area contributed by atoms with Crippen LogP contribution in [-0.4, -0.2) is 25.1 Å². The van der Waals surface area contributed by atoms with Crippen molar-refractivity contribution in [1.82, 2.24) is 0 Å². The fourth-order valence-corrected chi connectivity index (χ4v) is 1.96. The molecule has 2 rings (SSSR count). The number of fused-ring (bicyclic) bond motifs is 1. The minimum Gasteiger partial charge on any atom is -0.482 e. The fraction of sp³-hybridized carbons (Fsp3) is 0.462. The van der Waals surface area contributed by atoms with Crippen molar-refractivity contribution in [2.75, 3.05) is 18.6 Å². The summed E-state index contributed by atoms with van der Waals surface area (Å²) in [5.74, 6) is 0.734. The highest BCUT2D eigenvalue weighted by Gasteiger charge is 2.22. The molecule has 0 spiro atoms. The Labute approximate surface area is 101 Å². The van der Waals surface area contributed by atoms with E-state index in [-0.39, 0.29) is 18.1 Å². The molecule has 0 saturated carbocycles. The molecule has 1 aliphatic heterocycles. The number of hydrogen-bond donors (Lipinski definition) is 1. The number of carbonyl (C=O) groups excluding carboxylic acids is 1. The van der Waals surface area contributed by atoms with Gasteiger partial charge in [0.1, 0.15) is 5.75 Å². The lowest BCUT2D eigenvalue weighted by molar-refractivity contribution is -0.120. The SMILES string of the molecule is CN1C(=O)COc2cc(CC(C)(C)N)ccc21. The predicted octanol–water partition coefficient (Wildman–Crippen LogP) is 1.32. The van der Waals surface area contributed by atoms with Gasteiger partial charge in [-0.15, -0.1) is 0 Å². The van der Waals surface area contributed by atoms with Gasteiger partial charge in [0.25, 0.3) is 5.91 Å². The third-order valence-electron chi connectivity index (χ3n) is 2.77. The van der Waals surface area contributed by atoms with E-state index in [1.807, 2.05) is 32.0 Å². The molecule has 1 amide bonds. The van der Waals surface area contributed by atoms with Crippen LogP contribution in [0.15, 0.2) is 18.2 Å². The molecule has 2 N–H and O–H groups in total. The van der Waals surface area contributed by atoms with Crippen molar-refractivity contribution in [3.05, 3.63) is 23.8 Å². The molecule has 0 aromatic heterocycles. The molecule has 1 aliphatic rings. The molecule has 0 radical (unpaired) electrons. The zero-order valence-corrected chi connectivity index (χ0v) is 10.5. The van der Waals surface area contributed by atoms with E-state index in [0.717, 1.165) is 23.4 Å². The lowest BCUT2D eigenvalue weighted by Gasteiger charge is -2.27. The normalized spacial score (nSPS) is 15.5. The molecule has 1 aromatic carbocycles. The van der Waals surface area contributed by atoms with Crippen LogP contribution in [0.2, 0.25) is 0 Å². The van der Waals surface area contributed by atoms with Crippen molar-refractivity contribution in [3.63, 3.8) is 0 Å². The van der Waals surface area contributed by atoms with Crippen LogP contribution in [0.1, 0.15) is 19.4 Å². The van der Waals surface area contributed by atoms with Gasteiger partial charge in [-0.1, -0.05) is 6.07 Å². The molecule has 0 saturated heterocycles. The third kappa shape index (κ3) is 2.58. The molecule has 0 fully saturated rings. The average molecular weight is 234 g/mol. The number of rotatable bonds is 2. The number of hydrogen-bond acceptors (Lipinski definition) is 3. The van der Waals surface area contributed by atoms with Gasteiger partial charge in [-0.2, -0.15) is 0 Å². The van der Waals surface area contributed by atoms with E-state index in [4.69, 9.17) is 10.5 Å². The zero-order valence-electron chi connectivity index (χ0n) is 10.5. The van der Waals surface area contributed by atoms with Gasteiger partial charge in [0, 0.05) is 12.6 Å². The van der Waals surface area contributed by atoms with E-state index in [1.165, 1.54) is 0 Å². The number of amides is 1. The van der Waals surface area contributed by atoms with Crippen LogP contribution in [0.4, 0.5) is 5.69 Å². The lowest BCUT2D eigenvalue weighted by Crippen LogP contribution is -2.36. The van der Waals surface area contributed by atoms with Crippen molar-refractivity contribution in [2.45, 2.75) is 25.8 Å². The molecule has 1 aromatic rings. The van der Waals surface area contributed by atoms with Crippen LogP contribution in [0.5, 0.6) is 5.75 Å². The Morgan fingerprint density at radius 2 is 2.18 bits per heavy atom. The second kappa shape index (κ2) is 4.04. The van der Waals surface area contributed by atoms with Crippen LogP contribution < -0.4 is 15.4 Å². The maximum Gasteiger partial charge on any atom is 0.264 e. The number of carbonyl (C=O) groups is 1. The van der Waals surface area contributed by atoms with Crippen LogP contribution in [0, 0.1) is 0 Å². The molecule has 4 nitrogen and oxygen atoms in total. The van der Waals surface area contributed by atoms with E-state index in [9.17, 15) is 4.79 Å². The van der Waals surface area contributed by atoms with Gasteiger partial charge in [0.2, 0.25) is 0 Å². The van der Waals surface area contributed by atoms with Crippen molar-refractivity contribution in [2.24, 2.45) is 5.73 Å². The number of nitrogens with two attached hydrogens (primary N) is 1. The van der Waals surface area contributed by atoms with Gasteiger partial charge in [0.15, 0.2) is 6.61 Å². The van der Waals surface area contributed by atoms with E-state index in [0.29, 0.717) is 0 Å². The van der Waals surface area contributed by atoms with E-state index in [1.54, 1.807) is 11.9 Å². The van der Waals surface area contributed by atoms with Crippen LogP contribution in [0.3, 0.4) is 0 Å². The summed E-state index contributed by atoms with van der Waals surface area (Å²) in [4.78, 5) is 13.1. The number of ether oxygens (including phenoxy) is 1. The topological polar surface area (TPSA) is 55.6 Å². The first kappa shape index (κ1) is 11.9. The second-order valence-corrected chi connectivity index (χ2v) is 5.21. The Hall–Kier alpha value is -1.55. The van der Waals surface area contributed by atoms with Crippen LogP contribution >= 0.6 is 0 Å². The zero-order chi connectivity index (χ0) is 12.6.